The van der Waals surface area contributed by atoms with E-state index in [1.807, 2.05) is 13.8 Å². The van der Waals surface area contributed by atoms with E-state index in [1.165, 1.54) is 0 Å². The summed E-state index contributed by atoms with van der Waals surface area (Å²) in [4.78, 5) is 0. The molecule has 2 nitrogen and oxygen atoms in total. The molecule has 0 aromatic rings. The van der Waals surface area contributed by atoms with Gasteiger partial charge in [-0.05, 0) is 32.7 Å². The van der Waals surface area contributed by atoms with Crippen LogP contribution >= 0.6 is 0 Å². The summed E-state index contributed by atoms with van der Waals surface area (Å²) in [7, 11) is 0. The Balaban J connectivity index is 3.22. The van der Waals surface area contributed by atoms with Crippen molar-refractivity contribution in [3.05, 3.63) is 0 Å². The molecule has 0 fully saturated rings. The van der Waals surface area contributed by atoms with Crippen LogP contribution in [0, 0.1) is 12.3 Å². The molecule has 0 rings (SSSR count). The van der Waals surface area contributed by atoms with Gasteiger partial charge >= 0.3 is 0 Å². The van der Waals surface area contributed by atoms with Gasteiger partial charge in [0.1, 0.15) is 0 Å². The molecule has 0 radical (unpaired) electrons. The first-order valence-electron chi connectivity index (χ1n) is 4.99. The highest BCUT2D eigenvalue weighted by Crippen LogP contribution is 2.05. The fourth-order valence-corrected chi connectivity index (χ4v) is 0.960. The normalized spacial score (nSPS) is 14.9. The Morgan fingerprint density at radius 3 is 2.69 bits per heavy atom. The van der Waals surface area contributed by atoms with Crippen LogP contribution in [0.25, 0.3) is 0 Å². The quantitative estimate of drug-likeness (QED) is 0.463. The second-order valence-electron chi connectivity index (χ2n) is 3.69. The molecular weight excluding hydrogens is 162 g/mol. The SMILES string of the molecule is C#CCCCCNCC(C)(O)CC. The van der Waals surface area contributed by atoms with E-state index in [0.29, 0.717) is 6.54 Å². The molecule has 0 bridgehead atoms. The van der Waals surface area contributed by atoms with E-state index in [0.717, 1.165) is 32.2 Å². The summed E-state index contributed by atoms with van der Waals surface area (Å²) < 4.78 is 0. The van der Waals surface area contributed by atoms with Gasteiger partial charge in [0.05, 0.1) is 5.60 Å². The standard InChI is InChI=1S/C11H21NO/c1-4-6-7-8-9-12-10-11(3,13)5-2/h1,12-13H,5-10H2,2-3H3. The van der Waals surface area contributed by atoms with E-state index in [2.05, 4.69) is 11.2 Å². The minimum absolute atomic E-state index is 0.563. The van der Waals surface area contributed by atoms with E-state index in [1.54, 1.807) is 0 Å². The van der Waals surface area contributed by atoms with Gasteiger partial charge < -0.3 is 10.4 Å². The Morgan fingerprint density at radius 2 is 2.15 bits per heavy atom. The van der Waals surface area contributed by atoms with E-state index in [4.69, 9.17) is 6.42 Å². The molecule has 0 aromatic carbocycles. The second-order valence-corrected chi connectivity index (χ2v) is 3.69. The minimum atomic E-state index is -0.563. The lowest BCUT2D eigenvalue weighted by molar-refractivity contribution is 0.0560. The third-order valence-corrected chi connectivity index (χ3v) is 2.19. The molecule has 0 aromatic heterocycles. The van der Waals surface area contributed by atoms with Gasteiger partial charge in [-0.3, -0.25) is 0 Å². The Hall–Kier alpha value is -0.520. The molecule has 1 unspecified atom stereocenters. The number of terminal acetylenes is 1. The summed E-state index contributed by atoms with van der Waals surface area (Å²) in [6.07, 6.45) is 8.91. The van der Waals surface area contributed by atoms with Crippen LogP contribution in [-0.2, 0) is 0 Å². The van der Waals surface area contributed by atoms with Gasteiger partial charge in [-0.1, -0.05) is 6.92 Å². The van der Waals surface area contributed by atoms with Crippen molar-refractivity contribution in [3.63, 3.8) is 0 Å². The summed E-state index contributed by atoms with van der Waals surface area (Å²) >= 11 is 0. The summed E-state index contributed by atoms with van der Waals surface area (Å²) in [5.74, 6) is 2.61. The molecule has 1 atom stereocenters. The number of unbranched alkanes of at least 4 members (excludes halogenated alkanes) is 2. The molecule has 13 heavy (non-hydrogen) atoms. The van der Waals surface area contributed by atoms with Gasteiger partial charge in [-0.15, -0.1) is 12.3 Å². The van der Waals surface area contributed by atoms with Crippen LogP contribution in [0.3, 0.4) is 0 Å². The molecule has 76 valence electrons. The van der Waals surface area contributed by atoms with Crippen molar-refractivity contribution in [1.29, 1.82) is 0 Å². The van der Waals surface area contributed by atoms with E-state index in [-0.39, 0.29) is 0 Å². The highest BCUT2D eigenvalue weighted by molar-refractivity contribution is 4.83. The van der Waals surface area contributed by atoms with Crippen molar-refractivity contribution in [2.45, 2.75) is 45.1 Å². The van der Waals surface area contributed by atoms with Gasteiger partial charge in [0.2, 0.25) is 0 Å². The van der Waals surface area contributed by atoms with Crippen molar-refractivity contribution in [2.75, 3.05) is 13.1 Å². The van der Waals surface area contributed by atoms with Gasteiger partial charge in [-0.2, -0.15) is 0 Å². The molecule has 0 saturated heterocycles. The van der Waals surface area contributed by atoms with Crippen LogP contribution in [0.4, 0.5) is 0 Å². The average Bonchev–Trinajstić information content (AvgIpc) is 2.11. The first-order valence-corrected chi connectivity index (χ1v) is 4.99. The number of nitrogens with one attached hydrogen (secondary N) is 1. The molecule has 0 aliphatic heterocycles. The second kappa shape index (κ2) is 6.94. The fourth-order valence-electron chi connectivity index (χ4n) is 0.960. The van der Waals surface area contributed by atoms with Gasteiger partial charge in [0.25, 0.3) is 0 Å². The topological polar surface area (TPSA) is 32.3 Å². The predicted molar refractivity (Wildman–Crippen MR) is 56.5 cm³/mol. The lowest BCUT2D eigenvalue weighted by Gasteiger charge is -2.21. The highest BCUT2D eigenvalue weighted by atomic mass is 16.3. The molecule has 0 spiro atoms. The van der Waals surface area contributed by atoms with Gasteiger partial charge in [0.15, 0.2) is 0 Å². The Kier molecular flexibility index (Phi) is 6.66. The van der Waals surface area contributed by atoms with Crippen molar-refractivity contribution in [2.24, 2.45) is 0 Å². The fraction of sp³-hybridized carbons (Fsp3) is 0.818. The molecular formula is C11H21NO. The van der Waals surface area contributed by atoms with Crippen LogP contribution in [0.1, 0.15) is 39.5 Å². The smallest absolute Gasteiger partial charge is 0.0740 e. The Morgan fingerprint density at radius 1 is 1.46 bits per heavy atom. The van der Waals surface area contributed by atoms with Crippen molar-refractivity contribution in [3.8, 4) is 12.3 Å². The van der Waals surface area contributed by atoms with Crippen LogP contribution < -0.4 is 5.32 Å². The third kappa shape index (κ3) is 7.83. The van der Waals surface area contributed by atoms with E-state index < -0.39 is 5.60 Å². The summed E-state index contributed by atoms with van der Waals surface area (Å²) in [6.45, 7) is 5.44. The third-order valence-electron chi connectivity index (χ3n) is 2.19. The van der Waals surface area contributed by atoms with Crippen molar-refractivity contribution >= 4 is 0 Å². The Bertz CT molecular complexity index is 158. The highest BCUT2D eigenvalue weighted by Gasteiger charge is 2.15. The first-order chi connectivity index (χ1) is 6.12. The number of hydrogen-bond acceptors (Lipinski definition) is 2. The summed E-state index contributed by atoms with van der Waals surface area (Å²) in [6, 6.07) is 0. The molecule has 0 saturated carbocycles. The molecule has 0 heterocycles. The van der Waals surface area contributed by atoms with Crippen LogP contribution in [0.5, 0.6) is 0 Å². The van der Waals surface area contributed by atoms with E-state index >= 15 is 0 Å². The lowest BCUT2D eigenvalue weighted by Crippen LogP contribution is -2.37. The Labute approximate surface area is 81.7 Å². The predicted octanol–water partition coefficient (Wildman–Crippen LogP) is 1.54. The molecule has 0 aliphatic carbocycles. The number of hydrogen-bond donors (Lipinski definition) is 2. The summed E-state index contributed by atoms with van der Waals surface area (Å²) in [5.41, 5.74) is -0.563. The maximum Gasteiger partial charge on any atom is 0.0740 e. The van der Waals surface area contributed by atoms with Crippen molar-refractivity contribution in [1.82, 2.24) is 5.32 Å². The van der Waals surface area contributed by atoms with E-state index in [9.17, 15) is 5.11 Å². The molecule has 0 aliphatic rings. The minimum Gasteiger partial charge on any atom is -0.389 e. The van der Waals surface area contributed by atoms with Gasteiger partial charge in [0, 0.05) is 13.0 Å². The molecule has 2 heteroatoms. The largest absolute Gasteiger partial charge is 0.389 e. The average molecular weight is 183 g/mol. The van der Waals surface area contributed by atoms with Crippen LogP contribution in [-0.4, -0.2) is 23.8 Å². The zero-order valence-corrected chi connectivity index (χ0v) is 8.77. The number of rotatable bonds is 7. The van der Waals surface area contributed by atoms with Crippen LogP contribution in [0.15, 0.2) is 0 Å². The maximum absolute atomic E-state index is 9.63. The van der Waals surface area contributed by atoms with Crippen LogP contribution in [0.2, 0.25) is 0 Å². The molecule has 2 N–H and O–H groups in total. The first kappa shape index (κ1) is 12.5. The maximum atomic E-state index is 9.63. The molecule has 0 amide bonds. The van der Waals surface area contributed by atoms with Crippen molar-refractivity contribution < 1.29 is 5.11 Å². The zero-order chi connectivity index (χ0) is 10.2. The summed E-state index contributed by atoms with van der Waals surface area (Å²) in [5, 5.41) is 12.8. The number of aliphatic hydroxyl groups is 1. The lowest BCUT2D eigenvalue weighted by atomic mass is 10.0. The van der Waals surface area contributed by atoms with Gasteiger partial charge in [-0.25, -0.2) is 0 Å². The monoisotopic (exact) mass is 183 g/mol. The zero-order valence-electron chi connectivity index (χ0n) is 8.77.